The summed E-state index contributed by atoms with van der Waals surface area (Å²) in [7, 11) is 0. The maximum atomic E-state index is 13.8. The Balaban J connectivity index is 1.38. The third-order valence-corrected chi connectivity index (χ3v) is 6.57. The van der Waals surface area contributed by atoms with Crippen LogP contribution in [0.25, 0.3) is 17.0 Å². The number of amides is 3. The summed E-state index contributed by atoms with van der Waals surface area (Å²) in [5.74, 6) is 0.0695. The first-order valence-corrected chi connectivity index (χ1v) is 11.5. The molecule has 3 aromatic rings. The van der Waals surface area contributed by atoms with Crippen LogP contribution in [0.2, 0.25) is 0 Å². The Hall–Kier alpha value is -3.61. The number of anilines is 2. The number of hydrogen-bond donors (Lipinski definition) is 3. The topological polar surface area (TPSA) is 75.2 Å². The van der Waals surface area contributed by atoms with E-state index in [9.17, 15) is 14.0 Å². The first-order valence-electron chi connectivity index (χ1n) is 11.5. The van der Waals surface area contributed by atoms with Crippen molar-refractivity contribution in [2.45, 2.75) is 45.2 Å². The van der Waals surface area contributed by atoms with Gasteiger partial charge in [0.05, 0.1) is 0 Å². The van der Waals surface area contributed by atoms with Crippen LogP contribution < -0.4 is 16.0 Å². The second-order valence-electron chi connectivity index (χ2n) is 8.85. The molecular formula is C26H27FN4O2. The van der Waals surface area contributed by atoms with Crippen molar-refractivity contribution < 1.29 is 14.0 Å². The van der Waals surface area contributed by atoms with Gasteiger partial charge in [-0.15, -0.1) is 0 Å². The smallest absolute Gasteiger partial charge is 0.319 e. The standard InChI is InChI=1S/C26H27FN4O2/c27-19-9-11-24-18(13-19)14-20(31(24)16-17-5-2-1-3-6-17)10-12-25(32)29-22-7-4-8-23-21(22)15-28-26(33)30-23/h4,7-14,17H,1-3,5-6,15-16H2,(H,29,32)(H2,28,30,33)/b12-10+. The molecule has 5 rings (SSSR count). The molecule has 3 amide bonds. The minimum absolute atomic E-state index is 0.256. The fourth-order valence-electron chi connectivity index (χ4n) is 4.92. The Morgan fingerprint density at radius 2 is 2.00 bits per heavy atom. The zero-order chi connectivity index (χ0) is 22.8. The molecule has 0 spiro atoms. The highest BCUT2D eigenvalue weighted by molar-refractivity contribution is 6.04. The number of hydrogen-bond acceptors (Lipinski definition) is 2. The van der Waals surface area contributed by atoms with Gasteiger partial charge in [-0.1, -0.05) is 25.3 Å². The summed E-state index contributed by atoms with van der Waals surface area (Å²) in [5.41, 5.74) is 4.05. The molecule has 7 heteroatoms. The van der Waals surface area contributed by atoms with Crippen LogP contribution >= 0.6 is 0 Å². The van der Waals surface area contributed by atoms with Gasteiger partial charge in [0.25, 0.3) is 0 Å². The van der Waals surface area contributed by atoms with Gasteiger partial charge in [-0.2, -0.15) is 0 Å². The van der Waals surface area contributed by atoms with E-state index >= 15 is 0 Å². The van der Waals surface area contributed by atoms with E-state index in [1.165, 1.54) is 44.2 Å². The fraction of sp³-hybridized carbons (Fsp3) is 0.308. The van der Waals surface area contributed by atoms with Crippen LogP contribution in [-0.2, 0) is 17.9 Å². The maximum Gasteiger partial charge on any atom is 0.319 e. The summed E-state index contributed by atoms with van der Waals surface area (Å²) in [6, 6.07) is 12.0. The normalized spacial score (nSPS) is 16.5. The van der Waals surface area contributed by atoms with Crippen LogP contribution in [0.3, 0.4) is 0 Å². The summed E-state index contributed by atoms with van der Waals surface area (Å²) in [5, 5.41) is 9.22. The molecule has 33 heavy (non-hydrogen) atoms. The molecule has 1 saturated carbocycles. The first-order chi connectivity index (χ1) is 16.1. The lowest BCUT2D eigenvalue weighted by Crippen LogP contribution is -2.34. The predicted octanol–water partition coefficient (Wildman–Crippen LogP) is 5.65. The number of nitrogens with one attached hydrogen (secondary N) is 3. The SMILES string of the molecule is O=C(/C=C/c1cc2cc(F)ccc2n1CC1CCCCC1)Nc1cccc2c1CNC(=O)N2. The van der Waals surface area contributed by atoms with Crippen molar-refractivity contribution in [1.29, 1.82) is 0 Å². The van der Waals surface area contributed by atoms with E-state index in [4.69, 9.17) is 0 Å². The lowest BCUT2D eigenvalue weighted by Gasteiger charge is -2.23. The molecular weight excluding hydrogens is 419 g/mol. The van der Waals surface area contributed by atoms with Crippen LogP contribution in [0.4, 0.5) is 20.6 Å². The number of nitrogens with zero attached hydrogens (tertiary/aromatic N) is 1. The van der Waals surface area contributed by atoms with Crippen molar-refractivity contribution >= 4 is 40.3 Å². The lowest BCUT2D eigenvalue weighted by molar-refractivity contribution is -0.111. The Bertz CT molecular complexity index is 1240. The van der Waals surface area contributed by atoms with E-state index in [0.717, 1.165) is 28.7 Å². The molecule has 2 aliphatic rings. The number of carbonyl (C=O) groups is 2. The number of urea groups is 1. The highest BCUT2D eigenvalue weighted by atomic mass is 19.1. The number of aromatic nitrogens is 1. The van der Waals surface area contributed by atoms with Crippen LogP contribution in [-0.4, -0.2) is 16.5 Å². The van der Waals surface area contributed by atoms with Crippen molar-refractivity contribution in [3.63, 3.8) is 0 Å². The molecule has 3 N–H and O–H groups in total. The molecule has 0 saturated heterocycles. The summed E-state index contributed by atoms with van der Waals surface area (Å²) in [4.78, 5) is 24.3. The Labute approximate surface area is 191 Å². The quantitative estimate of drug-likeness (QED) is 0.443. The van der Waals surface area contributed by atoms with E-state index < -0.39 is 0 Å². The predicted molar refractivity (Wildman–Crippen MR) is 128 cm³/mol. The van der Waals surface area contributed by atoms with Crippen molar-refractivity contribution in [3.8, 4) is 0 Å². The number of benzene rings is 2. The first kappa shape index (κ1) is 21.2. The molecule has 1 aliphatic carbocycles. The van der Waals surface area contributed by atoms with Gasteiger partial charge in [-0.05, 0) is 61.2 Å². The summed E-state index contributed by atoms with van der Waals surface area (Å²) >= 11 is 0. The fourth-order valence-corrected chi connectivity index (χ4v) is 4.92. The van der Waals surface area contributed by atoms with Crippen LogP contribution in [0.15, 0.2) is 48.5 Å². The molecule has 0 bridgehead atoms. The van der Waals surface area contributed by atoms with Gasteiger partial charge in [0.15, 0.2) is 0 Å². The second-order valence-corrected chi connectivity index (χ2v) is 8.85. The van der Waals surface area contributed by atoms with E-state index in [1.807, 2.05) is 24.3 Å². The lowest BCUT2D eigenvalue weighted by atomic mass is 9.89. The van der Waals surface area contributed by atoms with Gasteiger partial charge < -0.3 is 20.5 Å². The zero-order valence-electron chi connectivity index (χ0n) is 18.4. The van der Waals surface area contributed by atoms with Crippen molar-refractivity contribution in [3.05, 3.63) is 65.6 Å². The highest BCUT2D eigenvalue weighted by Crippen LogP contribution is 2.30. The second kappa shape index (κ2) is 9.10. The summed E-state index contributed by atoms with van der Waals surface area (Å²) in [6.07, 6.45) is 9.51. The number of fused-ring (bicyclic) bond motifs is 2. The molecule has 1 aliphatic heterocycles. The number of rotatable bonds is 5. The molecule has 2 aromatic carbocycles. The van der Waals surface area contributed by atoms with E-state index in [1.54, 1.807) is 18.2 Å². The zero-order valence-corrected chi connectivity index (χ0v) is 18.4. The minimum Gasteiger partial charge on any atom is -0.341 e. The van der Waals surface area contributed by atoms with Crippen molar-refractivity contribution in [2.75, 3.05) is 10.6 Å². The minimum atomic E-state index is -0.264. The summed E-state index contributed by atoms with van der Waals surface area (Å²) < 4.78 is 16.0. The Kier molecular flexibility index (Phi) is 5.86. The van der Waals surface area contributed by atoms with Crippen molar-refractivity contribution in [2.24, 2.45) is 5.92 Å². The highest BCUT2D eigenvalue weighted by Gasteiger charge is 2.19. The summed E-state index contributed by atoms with van der Waals surface area (Å²) in [6.45, 7) is 1.22. The Morgan fingerprint density at radius 1 is 1.15 bits per heavy atom. The molecule has 0 unspecified atom stereocenters. The molecule has 6 nitrogen and oxygen atoms in total. The number of carbonyl (C=O) groups excluding carboxylic acids is 2. The molecule has 1 fully saturated rings. The van der Waals surface area contributed by atoms with Gasteiger partial charge in [-0.3, -0.25) is 4.79 Å². The average Bonchev–Trinajstić information content (AvgIpc) is 3.14. The molecule has 2 heterocycles. The van der Waals surface area contributed by atoms with Gasteiger partial charge in [-0.25, -0.2) is 9.18 Å². The van der Waals surface area contributed by atoms with E-state index in [0.29, 0.717) is 23.8 Å². The third kappa shape index (κ3) is 4.62. The van der Waals surface area contributed by atoms with Crippen LogP contribution in [0, 0.1) is 11.7 Å². The Morgan fingerprint density at radius 3 is 2.85 bits per heavy atom. The molecule has 170 valence electrons. The monoisotopic (exact) mass is 446 g/mol. The average molecular weight is 447 g/mol. The third-order valence-electron chi connectivity index (χ3n) is 6.57. The van der Waals surface area contributed by atoms with Gasteiger partial charge in [0.1, 0.15) is 5.82 Å². The largest absolute Gasteiger partial charge is 0.341 e. The van der Waals surface area contributed by atoms with E-state index in [-0.39, 0.29) is 17.8 Å². The van der Waals surface area contributed by atoms with Crippen molar-refractivity contribution in [1.82, 2.24) is 9.88 Å². The van der Waals surface area contributed by atoms with Gasteiger partial charge in [0, 0.05) is 52.7 Å². The van der Waals surface area contributed by atoms with Crippen LogP contribution in [0.1, 0.15) is 43.4 Å². The maximum absolute atomic E-state index is 13.8. The molecule has 0 radical (unpaired) electrons. The van der Waals surface area contributed by atoms with Gasteiger partial charge in [0.2, 0.25) is 5.91 Å². The number of halogens is 1. The molecule has 1 aromatic heterocycles. The molecule has 0 atom stereocenters. The van der Waals surface area contributed by atoms with E-state index in [2.05, 4.69) is 20.5 Å². The van der Waals surface area contributed by atoms with Gasteiger partial charge >= 0.3 is 6.03 Å². The van der Waals surface area contributed by atoms with Crippen LogP contribution in [0.5, 0.6) is 0 Å².